The summed E-state index contributed by atoms with van der Waals surface area (Å²) in [7, 11) is 0. The summed E-state index contributed by atoms with van der Waals surface area (Å²) in [4.78, 5) is 26.8. The standard InChI is InChI=1S/C19H21N5O4S/c25-17-7-11(10-23(17)13-3-4-14-15(8-13)28-6-5-27-14)18(26)20-9-16-21-22-19(29)24(16)12-1-2-12/h3-4,8,11-12H,1-2,5-7,9-10H2,(H,20,26)(H,22,29). The highest BCUT2D eigenvalue weighted by Gasteiger charge is 2.36. The lowest BCUT2D eigenvalue weighted by Crippen LogP contribution is -2.33. The number of H-pyrrole nitrogens is 1. The van der Waals surface area contributed by atoms with Crippen molar-refractivity contribution in [3.8, 4) is 11.5 Å². The predicted molar refractivity (Wildman–Crippen MR) is 105 cm³/mol. The van der Waals surface area contributed by atoms with Crippen LogP contribution in [0.2, 0.25) is 0 Å². The van der Waals surface area contributed by atoms with Gasteiger partial charge in [0.25, 0.3) is 0 Å². The molecule has 3 heterocycles. The number of amides is 2. The predicted octanol–water partition coefficient (Wildman–Crippen LogP) is 1.72. The second kappa shape index (κ2) is 7.18. The van der Waals surface area contributed by atoms with E-state index in [2.05, 4.69) is 15.5 Å². The van der Waals surface area contributed by atoms with Crippen LogP contribution in [0.4, 0.5) is 5.69 Å². The van der Waals surface area contributed by atoms with E-state index in [0.29, 0.717) is 47.8 Å². The molecule has 5 rings (SSSR count). The summed E-state index contributed by atoms with van der Waals surface area (Å²) in [6.45, 7) is 1.62. The van der Waals surface area contributed by atoms with Crippen LogP contribution in [0.5, 0.6) is 11.5 Å². The summed E-state index contributed by atoms with van der Waals surface area (Å²) in [5.74, 6) is 1.37. The van der Waals surface area contributed by atoms with Crippen LogP contribution in [0.3, 0.4) is 0 Å². The fourth-order valence-corrected chi connectivity index (χ4v) is 4.11. The number of nitrogens with one attached hydrogen (secondary N) is 2. The van der Waals surface area contributed by atoms with Gasteiger partial charge in [0.15, 0.2) is 22.1 Å². The molecule has 1 aromatic carbocycles. The first-order valence-corrected chi connectivity index (χ1v) is 10.1. The molecule has 2 N–H and O–H groups in total. The van der Waals surface area contributed by atoms with Crippen molar-refractivity contribution in [3.63, 3.8) is 0 Å². The molecule has 9 nitrogen and oxygen atoms in total. The number of ether oxygens (including phenoxy) is 2. The molecule has 1 atom stereocenters. The van der Waals surface area contributed by atoms with Gasteiger partial charge in [0.05, 0.1) is 12.5 Å². The Hall–Kier alpha value is -2.88. The van der Waals surface area contributed by atoms with Gasteiger partial charge in [0.1, 0.15) is 13.2 Å². The minimum absolute atomic E-state index is 0.0810. The van der Waals surface area contributed by atoms with Crippen LogP contribution in [0.15, 0.2) is 18.2 Å². The van der Waals surface area contributed by atoms with Gasteiger partial charge in [-0.1, -0.05) is 0 Å². The summed E-state index contributed by atoms with van der Waals surface area (Å²) in [6, 6.07) is 5.79. The van der Waals surface area contributed by atoms with E-state index in [1.54, 1.807) is 17.0 Å². The van der Waals surface area contributed by atoms with Crippen LogP contribution >= 0.6 is 12.2 Å². The molecule has 0 spiro atoms. The fourth-order valence-electron chi connectivity index (χ4n) is 3.81. The Morgan fingerprint density at radius 2 is 2.07 bits per heavy atom. The average molecular weight is 415 g/mol. The first-order chi connectivity index (χ1) is 14.1. The molecular weight excluding hydrogens is 394 g/mol. The van der Waals surface area contributed by atoms with Crippen molar-refractivity contribution >= 4 is 29.7 Å². The Balaban J connectivity index is 1.24. The molecule has 0 radical (unpaired) electrons. The Labute approximate surface area is 172 Å². The van der Waals surface area contributed by atoms with E-state index in [-0.39, 0.29) is 24.8 Å². The maximum atomic E-state index is 12.7. The SMILES string of the molecule is O=C(NCc1n[nH]c(=S)n1C1CC1)C1CC(=O)N(c2ccc3c(c2)OCCO3)C1. The monoisotopic (exact) mass is 415 g/mol. The molecule has 2 aromatic rings. The second-order valence-corrected chi connectivity index (χ2v) is 7.88. The average Bonchev–Trinajstić information content (AvgIpc) is 3.39. The number of fused-ring (bicyclic) bond motifs is 1. The number of anilines is 1. The number of rotatable bonds is 5. The van der Waals surface area contributed by atoms with Crippen LogP contribution < -0.4 is 19.7 Å². The molecule has 1 saturated carbocycles. The van der Waals surface area contributed by atoms with Crippen molar-refractivity contribution in [1.29, 1.82) is 0 Å². The quantitative estimate of drug-likeness (QED) is 0.721. The number of carbonyl (C=O) groups excluding carboxylic acids is 2. The molecule has 29 heavy (non-hydrogen) atoms. The molecule has 1 aromatic heterocycles. The summed E-state index contributed by atoms with van der Waals surface area (Å²) in [5.41, 5.74) is 0.712. The Kier molecular flexibility index (Phi) is 4.50. The highest BCUT2D eigenvalue weighted by atomic mass is 32.1. The van der Waals surface area contributed by atoms with Crippen LogP contribution in [0, 0.1) is 10.7 Å². The van der Waals surface area contributed by atoms with E-state index >= 15 is 0 Å². The number of aromatic amines is 1. The van der Waals surface area contributed by atoms with Gasteiger partial charge in [0, 0.05) is 30.8 Å². The van der Waals surface area contributed by atoms with E-state index in [9.17, 15) is 9.59 Å². The minimum Gasteiger partial charge on any atom is -0.486 e. The zero-order valence-electron chi connectivity index (χ0n) is 15.7. The normalized spacial score (nSPS) is 20.8. The van der Waals surface area contributed by atoms with Gasteiger partial charge < -0.3 is 19.7 Å². The van der Waals surface area contributed by atoms with Crippen molar-refractivity contribution in [2.75, 3.05) is 24.7 Å². The molecule has 152 valence electrons. The van der Waals surface area contributed by atoms with Gasteiger partial charge >= 0.3 is 0 Å². The first kappa shape index (κ1) is 18.2. The van der Waals surface area contributed by atoms with Crippen molar-refractivity contribution in [2.45, 2.75) is 31.8 Å². The summed E-state index contributed by atoms with van der Waals surface area (Å²) < 4.78 is 13.7. The van der Waals surface area contributed by atoms with E-state index in [1.165, 1.54) is 0 Å². The molecule has 1 unspecified atom stereocenters. The number of benzene rings is 1. The van der Waals surface area contributed by atoms with Gasteiger partial charge in [-0.25, -0.2) is 0 Å². The van der Waals surface area contributed by atoms with E-state index in [0.717, 1.165) is 18.7 Å². The number of carbonyl (C=O) groups is 2. The van der Waals surface area contributed by atoms with E-state index in [4.69, 9.17) is 21.7 Å². The van der Waals surface area contributed by atoms with Crippen LogP contribution in [0.1, 0.15) is 31.1 Å². The number of aromatic nitrogens is 3. The topological polar surface area (TPSA) is 101 Å². The Morgan fingerprint density at radius 1 is 1.28 bits per heavy atom. The highest BCUT2D eigenvalue weighted by Crippen LogP contribution is 2.37. The molecule has 10 heteroatoms. The fraction of sp³-hybridized carbons (Fsp3) is 0.474. The van der Waals surface area contributed by atoms with Gasteiger partial charge in [-0.15, -0.1) is 0 Å². The Bertz CT molecular complexity index is 1030. The molecule has 1 aliphatic carbocycles. The summed E-state index contributed by atoms with van der Waals surface area (Å²) in [6.07, 6.45) is 2.34. The first-order valence-electron chi connectivity index (χ1n) is 9.73. The lowest BCUT2D eigenvalue weighted by atomic mass is 10.1. The van der Waals surface area contributed by atoms with Gasteiger partial charge in [-0.05, 0) is 37.2 Å². The van der Waals surface area contributed by atoms with Gasteiger partial charge in [-0.2, -0.15) is 5.10 Å². The summed E-state index contributed by atoms with van der Waals surface area (Å²) in [5, 5.41) is 9.92. The van der Waals surface area contributed by atoms with E-state index < -0.39 is 5.92 Å². The van der Waals surface area contributed by atoms with Crippen molar-refractivity contribution in [3.05, 3.63) is 28.8 Å². The molecule has 2 aliphatic heterocycles. The third-order valence-electron chi connectivity index (χ3n) is 5.44. The van der Waals surface area contributed by atoms with Gasteiger partial charge in [-0.3, -0.25) is 19.3 Å². The van der Waals surface area contributed by atoms with Crippen molar-refractivity contribution in [1.82, 2.24) is 20.1 Å². The third kappa shape index (κ3) is 3.48. The molecule has 2 amide bonds. The zero-order valence-corrected chi connectivity index (χ0v) is 16.5. The van der Waals surface area contributed by atoms with Crippen LogP contribution in [-0.4, -0.2) is 46.3 Å². The van der Waals surface area contributed by atoms with Gasteiger partial charge in [0.2, 0.25) is 11.8 Å². The molecule has 0 bridgehead atoms. The number of hydrogen-bond donors (Lipinski definition) is 2. The lowest BCUT2D eigenvalue weighted by Gasteiger charge is -2.22. The summed E-state index contributed by atoms with van der Waals surface area (Å²) >= 11 is 5.27. The number of nitrogens with zero attached hydrogens (tertiary/aromatic N) is 3. The van der Waals surface area contributed by atoms with Crippen molar-refractivity contribution in [2.24, 2.45) is 5.92 Å². The maximum Gasteiger partial charge on any atom is 0.227 e. The second-order valence-electron chi connectivity index (χ2n) is 7.50. The van der Waals surface area contributed by atoms with E-state index in [1.807, 2.05) is 10.6 Å². The highest BCUT2D eigenvalue weighted by molar-refractivity contribution is 7.71. The molecule has 3 aliphatic rings. The molecule has 1 saturated heterocycles. The van der Waals surface area contributed by atoms with Crippen LogP contribution in [-0.2, 0) is 16.1 Å². The largest absolute Gasteiger partial charge is 0.486 e. The zero-order chi connectivity index (χ0) is 20.0. The lowest BCUT2D eigenvalue weighted by molar-refractivity contribution is -0.126. The minimum atomic E-state index is -0.410. The number of hydrogen-bond acceptors (Lipinski definition) is 6. The molecular formula is C19H21N5O4S. The Morgan fingerprint density at radius 3 is 2.86 bits per heavy atom. The molecule has 2 fully saturated rings. The third-order valence-corrected chi connectivity index (χ3v) is 5.73. The van der Waals surface area contributed by atoms with Crippen molar-refractivity contribution < 1.29 is 19.1 Å². The maximum absolute atomic E-state index is 12.7. The van der Waals surface area contributed by atoms with Crippen LogP contribution in [0.25, 0.3) is 0 Å². The smallest absolute Gasteiger partial charge is 0.227 e.